The topological polar surface area (TPSA) is 38.8 Å². The maximum Gasteiger partial charge on any atom is 0.253 e. The molecule has 2 aliphatic heterocycles. The molecule has 1 atom stereocenters. The Bertz CT molecular complexity index is 634. The predicted molar refractivity (Wildman–Crippen MR) is 96.9 cm³/mol. The molecule has 25 heavy (non-hydrogen) atoms. The molecule has 136 valence electrons. The highest BCUT2D eigenvalue weighted by molar-refractivity contribution is 5.94. The molecule has 0 unspecified atom stereocenters. The summed E-state index contributed by atoms with van der Waals surface area (Å²) in [6.07, 6.45) is 8.84. The molecule has 1 aromatic rings. The van der Waals surface area contributed by atoms with Crippen molar-refractivity contribution in [3.8, 4) is 0 Å². The minimum absolute atomic E-state index is 0.169. The van der Waals surface area contributed by atoms with Gasteiger partial charge in [0.1, 0.15) is 0 Å². The highest BCUT2D eigenvalue weighted by atomic mass is 16.5. The number of hydrogen-bond acceptors (Lipinski definition) is 3. The zero-order chi connectivity index (χ0) is 17.3. The number of hydrogen-bond donors (Lipinski definition) is 0. The van der Waals surface area contributed by atoms with Crippen molar-refractivity contribution in [3.05, 3.63) is 34.9 Å². The molecule has 4 rings (SSSR count). The lowest BCUT2D eigenvalue weighted by molar-refractivity contribution is -0.183. The molecule has 2 saturated heterocycles. The maximum absolute atomic E-state index is 13.0. The molecule has 1 amide bonds. The summed E-state index contributed by atoms with van der Waals surface area (Å²) in [5.41, 5.74) is 3.48. The number of piperidine rings is 1. The van der Waals surface area contributed by atoms with Crippen LogP contribution in [-0.4, -0.2) is 49.3 Å². The third-order valence-corrected chi connectivity index (χ3v) is 6.36. The molecule has 0 bridgehead atoms. The van der Waals surface area contributed by atoms with Crippen LogP contribution < -0.4 is 0 Å². The van der Waals surface area contributed by atoms with Crippen LogP contribution in [0.2, 0.25) is 0 Å². The van der Waals surface area contributed by atoms with E-state index >= 15 is 0 Å². The Morgan fingerprint density at radius 1 is 1.16 bits per heavy atom. The van der Waals surface area contributed by atoms with E-state index in [0.717, 1.165) is 63.8 Å². The number of amides is 1. The first kappa shape index (κ1) is 17.0. The van der Waals surface area contributed by atoms with E-state index in [9.17, 15) is 4.79 Å². The number of carbonyl (C=O) groups is 1. The van der Waals surface area contributed by atoms with E-state index in [1.165, 1.54) is 24.0 Å². The van der Waals surface area contributed by atoms with Crippen LogP contribution in [0.3, 0.4) is 0 Å². The van der Waals surface area contributed by atoms with Crippen LogP contribution in [0.5, 0.6) is 0 Å². The number of benzene rings is 1. The number of likely N-dealkylation sites (tertiary alicyclic amines) is 1. The Morgan fingerprint density at radius 3 is 2.68 bits per heavy atom. The molecule has 2 heterocycles. The zero-order valence-corrected chi connectivity index (χ0v) is 15.3. The van der Waals surface area contributed by atoms with Gasteiger partial charge in [0.15, 0.2) is 0 Å². The fourth-order valence-electron chi connectivity index (χ4n) is 4.84. The van der Waals surface area contributed by atoms with Crippen LogP contribution in [0.25, 0.3) is 0 Å². The fraction of sp³-hybridized carbons (Fsp3) is 0.667. The van der Waals surface area contributed by atoms with Gasteiger partial charge in [-0.25, -0.2) is 0 Å². The van der Waals surface area contributed by atoms with Gasteiger partial charge in [-0.1, -0.05) is 6.07 Å². The van der Waals surface area contributed by atoms with Gasteiger partial charge >= 0.3 is 0 Å². The number of fused-ring (bicyclic) bond motifs is 1. The van der Waals surface area contributed by atoms with E-state index in [4.69, 9.17) is 9.47 Å². The summed E-state index contributed by atoms with van der Waals surface area (Å²) in [6, 6.07) is 6.32. The molecule has 4 nitrogen and oxygen atoms in total. The van der Waals surface area contributed by atoms with Crippen molar-refractivity contribution < 1.29 is 14.3 Å². The van der Waals surface area contributed by atoms with Crippen molar-refractivity contribution in [2.75, 3.05) is 26.8 Å². The molecule has 0 radical (unpaired) electrons. The first-order chi connectivity index (χ1) is 12.2. The minimum atomic E-state index is -0.181. The van der Waals surface area contributed by atoms with Crippen molar-refractivity contribution >= 4 is 5.91 Å². The van der Waals surface area contributed by atoms with Gasteiger partial charge in [-0.15, -0.1) is 0 Å². The van der Waals surface area contributed by atoms with Gasteiger partial charge in [0.05, 0.1) is 11.7 Å². The smallest absolute Gasteiger partial charge is 0.253 e. The Hall–Kier alpha value is -1.39. The molecule has 4 heteroatoms. The zero-order valence-electron chi connectivity index (χ0n) is 15.3. The lowest BCUT2D eigenvalue weighted by Crippen LogP contribution is -2.56. The summed E-state index contributed by atoms with van der Waals surface area (Å²) in [5, 5.41) is 0. The van der Waals surface area contributed by atoms with Gasteiger partial charge in [-0.2, -0.15) is 0 Å². The van der Waals surface area contributed by atoms with Crippen molar-refractivity contribution in [3.63, 3.8) is 0 Å². The first-order valence-electron chi connectivity index (χ1n) is 9.80. The van der Waals surface area contributed by atoms with Crippen LogP contribution in [0.4, 0.5) is 0 Å². The molecule has 1 aromatic carbocycles. The van der Waals surface area contributed by atoms with E-state index < -0.39 is 0 Å². The van der Waals surface area contributed by atoms with Crippen LogP contribution in [0, 0.1) is 0 Å². The van der Waals surface area contributed by atoms with E-state index in [1.54, 1.807) is 7.11 Å². The second kappa shape index (κ2) is 7.08. The van der Waals surface area contributed by atoms with Crippen molar-refractivity contribution in [1.82, 2.24) is 4.90 Å². The van der Waals surface area contributed by atoms with Gasteiger partial charge in [0.25, 0.3) is 5.91 Å². The standard InChI is InChI=1S/C21H29NO3/c1-24-19-7-4-14-25-21(19)10-12-22(13-11-21)20(23)18-9-8-16-5-2-3-6-17(16)15-18/h8-9,15,19H,2-7,10-14H2,1H3/t19-/m0/s1. The Kier molecular flexibility index (Phi) is 4.83. The highest BCUT2D eigenvalue weighted by Gasteiger charge is 2.45. The Balaban J connectivity index is 1.44. The summed E-state index contributed by atoms with van der Waals surface area (Å²) in [5.74, 6) is 0.174. The largest absolute Gasteiger partial charge is 0.378 e. The van der Waals surface area contributed by atoms with Gasteiger partial charge in [0.2, 0.25) is 0 Å². The van der Waals surface area contributed by atoms with Gasteiger partial charge in [-0.3, -0.25) is 4.79 Å². The molecule has 1 aliphatic carbocycles. The van der Waals surface area contributed by atoms with Crippen molar-refractivity contribution in [1.29, 1.82) is 0 Å². The van der Waals surface area contributed by atoms with Crippen molar-refractivity contribution in [2.24, 2.45) is 0 Å². The molecule has 0 saturated carbocycles. The molecule has 2 fully saturated rings. The second-order valence-corrected chi connectivity index (χ2v) is 7.76. The van der Waals surface area contributed by atoms with Crippen LogP contribution in [0.1, 0.15) is 60.0 Å². The van der Waals surface area contributed by atoms with Gasteiger partial charge in [-0.05, 0) is 74.6 Å². The number of rotatable bonds is 2. The van der Waals surface area contributed by atoms with Crippen molar-refractivity contribution in [2.45, 2.75) is 63.1 Å². The summed E-state index contributed by atoms with van der Waals surface area (Å²) < 4.78 is 11.9. The molecule has 3 aliphatic rings. The summed E-state index contributed by atoms with van der Waals surface area (Å²) in [7, 11) is 1.78. The molecular weight excluding hydrogens is 314 g/mol. The number of aryl methyl sites for hydroxylation is 2. The Morgan fingerprint density at radius 2 is 1.92 bits per heavy atom. The number of ether oxygens (including phenoxy) is 2. The van der Waals surface area contributed by atoms with E-state index in [1.807, 2.05) is 11.0 Å². The van der Waals surface area contributed by atoms with Crippen LogP contribution >= 0.6 is 0 Å². The quantitative estimate of drug-likeness (QED) is 0.826. The van der Waals surface area contributed by atoms with E-state index in [2.05, 4.69) is 12.1 Å². The van der Waals surface area contributed by atoms with Crippen LogP contribution in [0.15, 0.2) is 18.2 Å². The number of carbonyl (C=O) groups excluding carboxylic acids is 1. The van der Waals surface area contributed by atoms with Crippen LogP contribution in [-0.2, 0) is 22.3 Å². The highest BCUT2D eigenvalue weighted by Crippen LogP contribution is 2.37. The lowest BCUT2D eigenvalue weighted by Gasteiger charge is -2.48. The lowest BCUT2D eigenvalue weighted by atomic mass is 9.81. The average molecular weight is 343 g/mol. The van der Waals surface area contributed by atoms with Gasteiger partial charge < -0.3 is 14.4 Å². The molecule has 0 N–H and O–H groups in total. The second-order valence-electron chi connectivity index (χ2n) is 7.76. The third kappa shape index (κ3) is 3.22. The molecule has 1 spiro atoms. The van der Waals surface area contributed by atoms with E-state index in [0.29, 0.717) is 0 Å². The maximum atomic E-state index is 13.0. The molecule has 0 aromatic heterocycles. The number of nitrogens with zero attached hydrogens (tertiary/aromatic N) is 1. The SMILES string of the molecule is CO[C@H]1CCCOC12CCN(C(=O)c1ccc3c(c1)CCCC3)CC2. The van der Waals surface area contributed by atoms with E-state index in [-0.39, 0.29) is 17.6 Å². The van der Waals surface area contributed by atoms with Gasteiger partial charge in [0, 0.05) is 32.4 Å². The number of methoxy groups -OCH3 is 1. The minimum Gasteiger partial charge on any atom is -0.378 e. The average Bonchev–Trinajstić information content (AvgIpc) is 2.68. The third-order valence-electron chi connectivity index (χ3n) is 6.36. The monoisotopic (exact) mass is 343 g/mol. The summed E-state index contributed by atoms with van der Waals surface area (Å²) in [6.45, 7) is 2.34. The predicted octanol–water partition coefficient (Wildman–Crippen LogP) is 3.37. The summed E-state index contributed by atoms with van der Waals surface area (Å²) >= 11 is 0. The fourth-order valence-corrected chi connectivity index (χ4v) is 4.84. The normalized spacial score (nSPS) is 25.6. The summed E-state index contributed by atoms with van der Waals surface area (Å²) in [4.78, 5) is 15.0. The molecular formula is C21H29NO3. The first-order valence-corrected chi connectivity index (χ1v) is 9.80. The Labute approximate surface area is 150 Å².